The van der Waals surface area contributed by atoms with Gasteiger partial charge in [-0.2, -0.15) is 0 Å². The second-order valence-electron chi connectivity index (χ2n) is 6.42. The number of fused-ring (bicyclic) bond motifs is 1. The molecule has 5 heteroatoms. The van der Waals surface area contributed by atoms with Crippen LogP contribution in [0.25, 0.3) is 11.0 Å². The number of carbonyl (C=O) groups is 2. The molecule has 0 bridgehead atoms. The molecule has 26 heavy (non-hydrogen) atoms. The third kappa shape index (κ3) is 3.94. The lowest BCUT2D eigenvalue weighted by Crippen LogP contribution is -2.30. The van der Waals surface area contributed by atoms with Gasteiger partial charge >= 0.3 is 0 Å². The van der Waals surface area contributed by atoms with Crippen molar-refractivity contribution in [2.75, 3.05) is 12.4 Å². The lowest BCUT2D eigenvalue weighted by molar-refractivity contribution is -0.131. The Morgan fingerprint density at radius 3 is 2.46 bits per heavy atom. The van der Waals surface area contributed by atoms with Crippen molar-refractivity contribution in [3.05, 3.63) is 65.9 Å². The largest absolute Gasteiger partial charge is 0.459 e. The fourth-order valence-corrected chi connectivity index (χ4v) is 2.82. The Balaban J connectivity index is 1.67. The van der Waals surface area contributed by atoms with Crippen molar-refractivity contribution >= 4 is 28.5 Å². The number of hydrogen-bond donors (Lipinski definition) is 1. The number of furan rings is 1. The first-order valence-electron chi connectivity index (χ1n) is 8.54. The molecular formula is C21H22N2O3. The van der Waals surface area contributed by atoms with Gasteiger partial charge in [0.05, 0.1) is 12.5 Å². The number of likely N-dealkylation sites (N-methyl/N-ethyl adjacent to an activating group) is 1. The Hall–Kier alpha value is -3.08. The van der Waals surface area contributed by atoms with Crippen molar-refractivity contribution in [3.8, 4) is 0 Å². The maximum Gasteiger partial charge on any atom is 0.227 e. The quantitative estimate of drug-likeness (QED) is 0.752. The Labute approximate surface area is 152 Å². The summed E-state index contributed by atoms with van der Waals surface area (Å²) in [6.45, 7) is 3.42. The van der Waals surface area contributed by atoms with Gasteiger partial charge in [0.15, 0.2) is 0 Å². The third-order valence-corrected chi connectivity index (χ3v) is 4.46. The molecule has 0 fully saturated rings. The number of nitrogens with zero attached hydrogens (tertiary/aromatic N) is 1. The van der Waals surface area contributed by atoms with E-state index < -0.39 is 0 Å². The number of carbonyl (C=O) groups excluding carboxylic acids is 2. The predicted molar refractivity (Wildman–Crippen MR) is 102 cm³/mol. The van der Waals surface area contributed by atoms with Crippen LogP contribution in [-0.4, -0.2) is 23.8 Å². The molecule has 1 N–H and O–H groups in total. The maximum absolute atomic E-state index is 12.6. The molecule has 0 saturated carbocycles. The van der Waals surface area contributed by atoms with Crippen LogP contribution in [0, 0.1) is 0 Å². The highest BCUT2D eigenvalue weighted by Crippen LogP contribution is 2.27. The minimum absolute atomic E-state index is 0.00485. The van der Waals surface area contributed by atoms with Crippen LogP contribution in [0.15, 0.2) is 59.0 Å². The summed E-state index contributed by atoms with van der Waals surface area (Å²) in [4.78, 5) is 25.4. The lowest BCUT2D eigenvalue weighted by atomic mass is 10.1. The molecular weight excluding hydrogens is 328 g/mol. The molecule has 3 rings (SSSR count). The Morgan fingerprint density at radius 1 is 1.12 bits per heavy atom. The van der Waals surface area contributed by atoms with E-state index in [4.69, 9.17) is 4.42 Å². The molecule has 2 aromatic carbocycles. The van der Waals surface area contributed by atoms with Crippen LogP contribution in [0.2, 0.25) is 0 Å². The average molecular weight is 350 g/mol. The number of amides is 2. The van der Waals surface area contributed by atoms with Gasteiger partial charge in [0.2, 0.25) is 11.8 Å². The van der Waals surface area contributed by atoms with Crippen molar-refractivity contribution in [2.45, 2.75) is 26.3 Å². The second-order valence-corrected chi connectivity index (χ2v) is 6.42. The van der Waals surface area contributed by atoms with Crippen LogP contribution in [0.3, 0.4) is 0 Å². The van der Waals surface area contributed by atoms with Gasteiger partial charge in [0.1, 0.15) is 11.3 Å². The zero-order valence-electron chi connectivity index (χ0n) is 15.2. The number of rotatable bonds is 5. The standard InChI is InChI=1S/C21H22N2O3/c1-14(20-13-17-6-4-5-7-19(17)26-20)23(3)21(25)12-16-8-10-18(11-9-16)22-15(2)24/h4-11,13-14H,12H2,1-3H3,(H,22,24). The number of nitrogens with one attached hydrogen (secondary N) is 1. The molecule has 0 saturated heterocycles. The number of anilines is 1. The van der Waals surface area contributed by atoms with Gasteiger partial charge in [-0.25, -0.2) is 0 Å². The Morgan fingerprint density at radius 2 is 1.81 bits per heavy atom. The number of hydrogen-bond acceptors (Lipinski definition) is 3. The van der Waals surface area contributed by atoms with Crippen molar-refractivity contribution < 1.29 is 14.0 Å². The zero-order valence-corrected chi connectivity index (χ0v) is 15.2. The normalized spacial score (nSPS) is 12.0. The fraction of sp³-hybridized carbons (Fsp3) is 0.238. The average Bonchev–Trinajstić information content (AvgIpc) is 3.05. The first-order chi connectivity index (χ1) is 12.4. The minimum Gasteiger partial charge on any atom is -0.459 e. The Bertz CT molecular complexity index is 895. The summed E-state index contributed by atoms with van der Waals surface area (Å²) in [5.74, 6) is 0.654. The van der Waals surface area contributed by atoms with Gasteiger partial charge in [0, 0.05) is 25.0 Å². The first kappa shape index (κ1) is 17.7. The van der Waals surface area contributed by atoms with Gasteiger partial charge in [-0.05, 0) is 36.8 Å². The van der Waals surface area contributed by atoms with E-state index in [0.717, 1.165) is 28.0 Å². The molecule has 1 atom stereocenters. The highest BCUT2D eigenvalue weighted by atomic mass is 16.3. The van der Waals surface area contributed by atoms with E-state index in [1.165, 1.54) is 6.92 Å². The summed E-state index contributed by atoms with van der Waals surface area (Å²) in [6.07, 6.45) is 0.293. The summed E-state index contributed by atoms with van der Waals surface area (Å²) in [5, 5.41) is 3.75. The van der Waals surface area contributed by atoms with Crippen LogP contribution >= 0.6 is 0 Å². The molecule has 0 spiro atoms. The molecule has 1 aromatic heterocycles. The van der Waals surface area contributed by atoms with Crippen molar-refractivity contribution in [1.29, 1.82) is 0 Å². The SMILES string of the molecule is CC(=O)Nc1ccc(CC(=O)N(C)C(C)c2cc3ccccc3o2)cc1. The van der Waals surface area contributed by atoms with Crippen molar-refractivity contribution in [1.82, 2.24) is 4.90 Å². The topological polar surface area (TPSA) is 62.6 Å². The lowest BCUT2D eigenvalue weighted by Gasteiger charge is -2.23. The molecule has 0 aliphatic carbocycles. The fourth-order valence-electron chi connectivity index (χ4n) is 2.82. The highest BCUT2D eigenvalue weighted by Gasteiger charge is 2.20. The molecule has 0 radical (unpaired) electrons. The van der Waals surface area contributed by atoms with E-state index in [-0.39, 0.29) is 17.9 Å². The molecule has 1 unspecified atom stereocenters. The van der Waals surface area contributed by atoms with Gasteiger partial charge in [-0.1, -0.05) is 30.3 Å². The maximum atomic E-state index is 12.6. The monoisotopic (exact) mass is 350 g/mol. The molecule has 2 amide bonds. The van der Waals surface area contributed by atoms with E-state index in [9.17, 15) is 9.59 Å². The van der Waals surface area contributed by atoms with Crippen LogP contribution in [0.5, 0.6) is 0 Å². The van der Waals surface area contributed by atoms with E-state index in [0.29, 0.717) is 6.42 Å². The minimum atomic E-state index is -0.159. The second kappa shape index (κ2) is 7.44. The summed E-state index contributed by atoms with van der Waals surface area (Å²) in [5.41, 5.74) is 2.44. The van der Waals surface area contributed by atoms with Crippen LogP contribution in [0.4, 0.5) is 5.69 Å². The van der Waals surface area contributed by atoms with Crippen molar-refractivity contribution in [3.63, 3.8) is 0 Å². The van der Waals surface area contributed by atoms with E-state index in [1.54, 1.807) is 24.1 Å². The summed E-state index contributed by atoms with van der Waals surface area (Å²) in [6, 6.07) is 16.9. The zero-order chi connectivity index (χ0) is 18.7. The summed E-state index contributed by atoms with van der Waals surface area (Å²) < 4.78 is 5.87. The van der Waals surface area contributed by atoms with Gasteiger partial charge in [-0.15, -0.1) is 0 Å². The molecule has 5 nitrogen and oxygen atoms in total. The number of benzene rings is 2. The van der Waals surface area contributed by atoms with E-state index >= 15 is 0 Å². The molecule has 3 aromatic rings. The first-order valence-corrected chi connectivity index (χ1v) is 8.54. The molecule has 134 valence electrons. The van der Waals surface area contributed by atoms with E-state index in [2.05, 4.69) is 5.32 Å². The van der Waals surface area contributed by atoms with Crippen LogP contribution in [0.1, 0.15) is 31.2 Å². The van der Waals surface area contributed by atoms with Gasteiger partial charge in [0.25, 0.3) is 0 Å². The Kier molecular flexibility index (Phi) is 5.07. The predicted octanol–water partition coefficient (Wildman–Crippen LogP) is 4.15. The molecule has 1 heterocycles. The summed E-state index contributed by atoms with van der Waals surface area (Å²) in [7, 11) is 1.78. The van der Waals surface area contributed by atoms with Gasteiger partial charge in [-0.3, -0.25) is 9.59 Å². The smallest absolute Gasteiger partial charge is 0.227 e. The third-order valence-electron chi connectivity index (χ3n) is 4.46. The summed E-state index contributed by atoms with van der Waals surface area (Å²) >= 11 is 0. The van der Waals surface area contributed by atoms with E-state index in [1.807, 2.05) is 49.4 Å². The molecule has 0 aliphatic rings. The van der Waals surface area contributed by atoms with Crippen LogP contribution in [-0.2, 0) is 16.0 Å². The van der Waals surface area contributed by atoms with Crippen LogP contribution < -0.4 is 5.32 Å². The molecule has 0 aliphatic heterocycles. The highest BCUT2D eigenvalue weighted by molar-refractivity contribution is 5.88. The van der Waals surface area contributed by atoms with Gasteiger partial charge < -0.3 is 14.6 Å². The number of para-hydroxylation sites is 1. The van der Waals surface area contributed by atoms with Crippen molar-refractivity contribution in [2.24, 2.45) is 0 Å².